The van der Waals surface area contributed by atoms with Crippen LogP contribution in [-0.4, -0.2) is 44.7 Å². The first-order valence-corrected chi connectivity index (χ1v) is 15.3. The molecule has 0 amide bonds. The molecule has 0 aliphatic carbocycles. The molecule has 1 aromatic carbocycles. The van der Waals surface area contributed by atoms with Crippen molar-refractivity contribution in [2.45, 2.75) is 53.4 Å². The summed E-state index contributed by atoms with van der Waals surface area (Å²) in [7, 11) is 0. The second-order valence-corrected chi connectivity index (χ2v) is 10.7. The molecular weight excluding hydrogens is 566 g/mol. The fourth-order valence-electron chi connectivity index (χ4n) is 5.68. The van der Waals surface area contributed by atoms with Crippen LogP contribution in [0.1, 0.15) is 63.4 Å². The van der Waals surface area contributed by atoms with Gasteiger partial charge in [-0.3, -0.25) is 14.5 Å². The molecule has 0 saturated heterocycles. The number of aromatic nitrogens is 4. The lowest BCUT2D eigenvalue weighted by atomic mass is 9.80. The zero-order valence-electron chi connectivity index (χ0n) is 26.1. The molecule has 0 radical (unpaired) electrons. The maximum Gasteiger partial charge on any atom is 0.337 e. The first-order valence-electron chi connectivity index (χ1n) is 15.3. The van der Waals surface area contributed by atoms with Crippen LogP contribution in [0.2, 0.25) is 0 Å². The average Bonchev–Trinajstić information content (AvgIpc) is 3.39. The minimum absolute atomic E-state index is 0.0859. The molecule has 1 N–H and O–H groups in total. The van der Waals surface area contributed by atoms with Gasteiger partial charge in [-0.2, -0.15) is 0 Å². The Balaban J connectivity index is 1.49. The standard InChI is InChI=1S/C36H37N5O4/c1-5-7-8-13-29-32(35(42)45-21-10-12-26-11-9-19-37-22-26)24(3)39-34(33(29)36(43)44-6-2)27-14-16-28(17-15-27)41-25(4)40-30-23-38-20-18-31(30)41/h9,11,14-20,22-23,29,39H,5-8,13,21H2,1-4H3. The molecular formula is C36H37N5O4. The van der Waals surface area contributed by atoms with Crippen molar-refractivity contribution in [2.24, 2.45) is 5.92 Å². The van der Waals surface area contributed by atoms with Crippen LogP contribution in [0.25, 0.3) is 22.4 Å². The number of nitrogens with one attached hydrogen (secondary N) is 1. The van der Waals surface area contributed by atoms with Crippen LogP contribution in [-0.2, 0) is 19.1 Å². The van der Waals surface area contributed by atoms with Gasteiger partial charge < -0.3 is 14.8 Å². The van der Waals surface area contributed by atoms with Gasteiger partial charge in [0.2, 0.25) is 0 Å². The summed E-state index contributed by atoms with van der Waals surface area (Å²) in [5.41, 5.74) is 6.36. The van der Waals surface area contributed by atoms with Gasteiger partial charge in [0, 0.05) is 41.5 Å². The first-order chi connectivity index (χ1) is 21.9. The first kappa shape index (κ1) is 31.2. The van der Waals surface area contributed by atoms with E-state index in [0.717, 1.165) is 52.9 Å². The normalized spacial score (nSPS) is 14.5. The minimum Gasteiger partial charge on any atom is -0.463 e. The van der Waals surface area contributed by atoms with E-state index in [2.05, 4.69) is 43.6 Å². The number of pyridine rings is 2. The molecule has 1 atom stereocenters. The number of unbranched alkanes of at least 4 members (excludes halogenated alkanes) is 2. The molecule has 1 aliphatic heterocycles. The van der Waals surface area contributed by atoms with Gasteiger partial charge in [-0.05, 0) is 63.1 Å². The highest BCUT2D eigenvalue weighted by molar-refractivity contribution is 6.03. The van der Waals surface area contributed by atoms with Crippen LogP contribution < -0.4 is 5.32 Å². The zero-order chi connectivity index (χ0) is 31.8. The summed E-state index contributed by atoms with van der Waals surface area (Å²) in [6, 6.07) is 13.5. The minimum atomic E-state index is -0.505. The fourth-order valence-corrected chi connectivity index (χ4v) is 5.68. The Hall–Kier alpha value is -5.23. The number of benzene rings is 1. The number of imidazole rings is 1. The second kappa shape index (κ2) is 14.5. The number of carbonyl (C=O) groups excluding carboxylic acids is 2. The molecule has 5 rings (SSSR count). The predicted octanol–water partition coefficient (Wildman–Crippen LogP) is 6.07. The number of dihydropyridines is 1. The number of allylic oxidation sites excluding steroid dienone is 1. The Labute approximate surface area is 263 Å². The van der Waals surface area contributed by atoms with Gasteiger partial charge in [0.15, 0.2) is 6.61 Å². The topological polar surface area (TPSA) is 108 Å². The molecule has 0 bridgehead atoms. The summed E-state index contributed by atoms with van der Waals surface area (Å²) >= 11 is 0. The van der Waals surface area contributed by atoms with Crippen LogP contribution in [0.4, 0.5) is 0 Å². The third kappa shape index (κ3) is 6.96. The van der Waals surface area contributed by atoms with E-state index in [9.17, 15) is 9.59 Å². The molecule has 0 fully saturated rings. The van der Waals surface area contributed by atoms with Gasteiger partial charge in [-0.25, -0.2) is 14.6 Å². The lowest BCUT2D eigenvalue weighted by Gasteiger charge is -2.31. The van der Waals surface area contributed by atoms with Gasteiger partial charge >= 0.3 is 11.9 Å². The Morgan fingerprint density at radius 1 is 0.933 bits per heavy atom. The number of hydrogen-bond donors (Lipinski definition) is 1. The number of fused-ring (bicyclic) bond motifs is 1. The summed E-state index contributed by atoms with van der Waals surface area (Å²) < 4.78 is 13.3. The van der Waals surface area contributed by atoms with Crippen molar-refractivity contribution in [1.29, 1.82) is 0 Å². The quantitative estimate of drug-likeness (QED) is 0.132. The van der Waals surface area contributed by atoms with Gasteiger partial charge in [-0.1, -0.05) is 50.2 Å². The molecule has 9 heteroatoms. The van der Waals surface area contributed by atoms with E-state index in [1.807, 2.05) is 50.2 Å². The maximum atomic E-state index is 13.6. The number of carbonyl (C=O) groups is 2. The van der Waals surface area contributed by atoms with Crippen LogP contribution in [0.3, 0.4) is 0 Å². The molecule has 0 spiro atoms. The Morgan fingerprint density at radius 2 is 1.71 bits per heavy atom. The molecule has 3 aromatic heterocycles. The van der Waals surface area contributed by atoms with E-state index >= 15 is 0 Å². The number of nitrogens with zero attached hydrogens (tertiary/aromatic N) is 4. The Kier molecular flexibility index (Phi) is 10.1. The van der Waals surface area contributed by atoms with Crippen LogP contribution in [0.15, 0.2) is 84.1 Å². The van der Waals surface area contributed by atoms with E-state index in [-0.39, 0.29) is 13.2 Å². The molecule has 230 valence electrons. The van der Waals surface area contributed by atoms with Crippen molar-refractivity contribution in [2.75, 3.05) is 13.2 Å². The van der Waals surface area contributed by atoms with Crippen molar-refractivity contribution in [3.8, 4) is 17.5 Å². The van der Waals surface area contributed by atoms with Crippen LogP contribution >= 0.6 is 0 Å². The van der Waals surface area contributed by atoms with Crippen molar-refractivity contribution in [3.05, 3.63) is 101 Å². The Bertz CT molecular complexity index is 1810. The molecule has 1 aliphatic rings. The number of aryl methyl sites for hydroxylation is 1. The highest BCUT2D eigenvalue weighted by Gasteiger charge is 2.38. The lowest BCUT2D eigenvalue weighted by molar-refractivity contribution is -0.139. The lowest BCUT2D eigenvalue weighted by Crippen LogP contribution is -2.34. The summed E-state index contributed by atoms with van der Waals surface area (Å²) in [6.07, 6.45) is 10.2. The van der Waals surface area contributed by atoms with E-state index < -0.39 is 17.9 Å². The number of hydrogen-bond acceptors (Lipinski definition) is 8. The number of ether oxygens (including phenoxy) is 2. The summed E-state index contributed by atoms with van der Waals surface area (Å²) in [6.45, 7) is 7.83. The maximum absolute atomic E-state index is 13.6. The molecule has 4 aromatic rings. The van der Waals surface area contributed by atoms with Crippen molar-refractivity contribution in [3.63, 3.8) is 0 Å². The third-order valence-corrected chi connectivity index (χ3v) is 7.70. The highest BCUT2D eigenvalue weighted by Crippen LogP contribution is 2.38. The number of rotatable bonds is 10. The van der Waals surface area contributed by atoms with Gasteiger partial charge in [0.25, 0.3) is 0 Å². The second-order valence-electron chi connectivity index (χ2n) is 10.7. The SMILES string of the molecule is CCCCCC1C(C(=O)OCC#Cc2cccnc2)=C(C)NC(c2ccc(-n3c(C)nc4cnccc43)cc2)=C1C(=O)OCC. The van der Waals surface area contributed by atoms with Gasteiger partial charge in [0.05, 0.1) is 35.2 Å². The average molecular weight is 604 g/mol. The molecule has 45 heavy (non-hydrogen) atoms. The van der Waals surface area contributed by atoms with Crippen LogP contribution in [0.5, 0.6) is 0 Å². The van der Waals surface area contributed by atoms with E-state index in [4.69, 9.17) is 9.47 Å². The van der Waals surface area contributed by atoms with Gasteiger partial charge in [0.1, 0.15) is 11.3 Å². The van der Waals surface area contributed by atoms with E-state index in [1.165, 1.54) is 0 Å². The van der Waals surface area contributed by atoms with Crippen molar-refractivity contribution >= 4 is 28.7 Å². The van der Waals surface area contributed by atoms with Gasteiger partial charge in [-0.15, -0.1) is 0 Å². The molecule has 9 nitrogen and oxygen atoms in total. The molecule has 4 heterocycles. The van der Waals surface area contributed by atoms with E-state index in [0.29, 0.717) is 29.0 Å². The summed E-state index contributed by atoms with van der Waals surface area (Å²) in [5.74, 6) is 5.22. The monoisotopic (exact) mass is 603 g/mol. The van der Waals surface area contributed by atoms with Crippen molar-refractivity contribution < 1.29 is 19.1 Å². The highest BCUT2D eigenvalue weighted by atomic mass is 16.5. The largest absolute Gasteiger partial charge is 0.463 e. The fraction of sp³-hybridized carbons (Fsp3) is 0.306. The summed E-state index contributed by atoms with van der Waals surface area (Å²) in [5, 5.41) is 3.37. The van der Waals surface area contributed by atoms with Crippen LogP contribution in [0, 0.1) is 24.7 Å². The third-order valence-electron chi connectivity index (χ3n) is 7.70. The Morgan fingerprint density at radius 3 is 2.44 bits per heavy atom. The smallest absolute Gasteiger partial charge is 0.337 e. The predicted molar refractivity (Wildman–Crippen MR) is 173 cm³/mol. The molecule has 0 saturated carbocycles. The zero-order valence-corrected chi connectivity index (χ0v) is 26.1. The summed E-state index contributed by atoms with van der Waals surface area (Å²) in [4.78, 5) is 40.1. The number of esters is 2. The molecule has 1 unspecified atom stereocenters. The van der Waals surface area contributed by atoms with Crippen molar-refractivity contribution in [1.82, 2.24) is 24.8 Å². The van der Waals surface area contributed by atoms with E-state index in [1.54, 1.807) is 37.8 Å².